The molecule has 338 valence electrons. The van der Waals surface area contributed by atoms with Crippen LogP contribution in [0.25, 0.3) is 55.3 Å². The average Bonchev–Trinajstić information content (AvgIpc) is 3.74. The van der Waals surface area contributed by atoms with E-state index < -0.39 is 7.92 Å². The van der Waals surface area contributed by atoms with Crippen molar-refractivity contribution in [2.24, 2.45) is 0 Å². The lowest BCUT2D eigenvalue weighted by Gasteiger charge is -2.26. The molecule has 0 heterocycles. The third-order valence-corrected chi connectivity index (χ3v) is 18.3. The molecular weight excluding hydrogens is 859 g/mol. The molecule has 0 amide bonds. The van der Waals surface area contributed by atoms with E-state index in [4.69, 9.17) is 0 Å². The monoisotopic (exact) mass is 916 g/mol. The topological polar surface area (TPSA) is 0 Å². The lowest BCUT2D eigenvalue weighted by molar-refractivity contribution is 0.590. The maximum atomic E-state index is 2.57. The molecule has 0 fully saturated rings. The van der Waals surface area contributed by atoms with Crippen molar-refractivity contribution < 1.29 is 0 Å². The van der Waals surface area contributed by atoms with Crippen LogP contribution in [-0.4, -0.2) is 6.71 Å². The van der Waals surface area contributed by atoms with Gasteiger partial charge in [-0.1, -0.05) is 271 Å². The molecule has 0 saturated heterocycles. The summed E-state index contributed by atoms with van der Waals surface area (Å²) in [7, 11) is -0.788. The number of hydrogen-bond donors (Lipinski definition) is 0. The summed E-state index contributed by atoms with van der Waals surface area (Å²) in [5.41, 5.74) is 21.2. The Balaban J connectivity index is 0.889. The van der Waals surface area contributed by atoms with Crippen molar-refractivity contribution in [1.29, 1.82) is 0 Å². The maximum absolute atomic E-state index is 2.57. The summed E-state index contributed by atoms with van der Waals surface area (Å²) in [5, 5.41) is 6.78. The molecule has 0 N–H and O–H groups in total. The maximum Gasteiger partial charge on any atom is 0.241 e. The highest BCUT2D eigenvalue weighted by atomic mass is 31.1. The van der Waals surface area contributed by atoms with Crippen molar-refractivity contribution in [3.63, 3.8) is 0 Å². The molecule has 10 aromatic carbocycles. The Labute approximate surface area is 417 Å². The lowest BCUT2D eigenvalue weighted by Crippen LogP contribution is -2.51. The molecule has 2 aliphatic carbocycles. The Hall–Kier alpha value is -7.05. The molecule has 0 nitrogen and oxygen atoms in total. The summed E-state index contributed by atoms with van der Waals surface area (Å²) >= 11 is 0. The highest BCUT2D eigenvalue weighted by Gasteiger charge is 2.42. The van der Waals surface area contributed by atoms with Gasteiger partial charge in [0.2, 0.25) is 6.71 Å². The van der Waals surface area contributed by atoms with Crippen LogP contribution in [0, 0.1) is 0 Å². The second-order valence-corrected chi connectivity index (χ2v) is 23.9. The Morgan fingerprint density at radius 1 is 0.343 bits per heavy atom. The first-order valence-electron chi connectivity index (χ1n) is 25.0. The quantitative estimate of drug-likeness (QED) is 0.105. The molecule has 0 saturated carbocycles. The van der Waals surface area contributed by atoms with Gasteiger partial charge in [-0.3, -0.25) is 0 Å². The zero-order valence-electron chi connectivity index (χ0n) is 41.4. The number of hydrogen-bond acceptors (Lipinski definition) is 0. The van der Waals surface area contributed by atoms with E-state index in [0.29, 0.717) is 0 Å². The smallest absolute Gasteiger partial charge is 0.0687 e. The molecule has 12 rings (SSSR count). The van der Waals surface area contributed by atoms with Crippen LogP contribution in [0.2, 0.25) is 0 Å². The van der Waals surface area contributed by atoms with E-state index in [9.17, 15) is 0 Å². The molecule has 0 spiro atoms. The van der Waals surface area contributed by atoms with Gasteiger partial charge >= 0.3 is 0 Å². The minimum absolute atomic E-state index is 0.105. The normalized spacial score (nSPS) is 14.4. The molecule has 0 bridgehead atoms. The SMILES string of the molecule is CC(C)(C)c1ccc(P(c2ccccc2)c2cccc3c(-c4ccc5c(c4)C(C)(C)c4cc6c(cc4-5)-c4ccc(-c5ccc(B(c7ccccc7)c7ccccc7)cc5)cc4C6(C)C)cccc23)cc1. The number of rotatable bonds is 8. The van der Waals surface area contributed by atoms with E-state index in [-0.39, 0.29) is 23.0 Å². The molecule has 10 aromatic rings. The highest BCUT2D eigenvalue weighted by molar-refractivity contribution is 7.80. The van der Waals surface area contributed by atoms with E-state index in [0.717, 1.165) is 0 Å². The summed E-state index contributed by atoms with van der Waals surface area (Å²) < 4.78 is 0. The van der Waals surface area contributed by atoms with Crippen molar-refractivity contribution in [2.45, 2.75) is 64.7 Å². The van der Waals surface area contributed by atoms with Gasteiger partial charge in [0.05, 0.1) is 0 Å². The van der Waals surface area contributed by atoms with E-state index in [1.165, 1.54) is 115 Å². The van der Waals surface area contributed by atoms with Crippen LogP contribution >= 0.6 is 7.92 Å². The second kappa shape index (κ2) is 16.8. The largest absolute Gasteiger partial charge is 0.241 e. The van der Waals surface area contributed by atoms with Crippen LogP contribution in [0.1, 0.15) is 76.3 Å². The first kappa shape index (κ1) is 44.2. The van der Waals surface area contributed by atoms with E-state index in [2.05, 4.69) is 273 Å². The van der Waals surface area contributed by atoms with Gasteiger partial charge in [-0.05, 0) is 131 Å². The Morgan fingerprint density at radius 3 is 1.40 bits per heavy atom. The van der Waals surface area contributed by atoms with Crippen LogP contribution in [0.3, 0.4) is 0 Å². The predicted molar refractivity (Wildman–Crippen MR) is 305 cm³/mol. The molecule has 1 atom stereocenters. The van der Waals surface area contributed by atoms with Crippen molar-refractivity contribution >= 4 is 57.7 Å². The summed E-state index contributed by atoms with van der Waals surface area (Å²) in [6, 6.07) is 85.1. The molecule has 2 heteroatoms. The summed E-state index contributed by atoms with van der Waals surface area (Å²) in [5.74, 6) is 0. The third kappa shape index (κ3) is 7.32. The summed E-state index contributed by atoms with van der Waals surface area (Å²) in [6.07, 6.45) is 0. The van der Waals surface area contributed by atoms with Gasteiger partial charge in [0, 0.05) is 10.8 Å². The fourth-order valence-electron chi connectivity index (χ4n) is 11.9. The zero-order chi connectivity index (χ0) is 47.9. The van der Waals surface area contributed by atoms with E-state index >= 15 is 0 Å². The zero-order valence-corrected chi connectivity index (χ0v) is 42.3. The van der Waals surface area contributed by atoms with Gasteiger partial charge in [0.1, 0.15) is 0 Å². The number of fused-ring (bicyclic) bond motifs is 7. The van der Waals surface area contributed by atoms with Gasteiger partial charge in [-0.15, -0.1) is 0 Å². The lowest BCUT2D eigenvalue weighted by atomic mass is 9.37. The standard InChI is InChI=1S/C68H58BP/c1-66(2,3)48-33-37-53(38-34-48)70(52-23-15-10-16-24-52)65-28-18-26-55-54(25-17-27-58(55)65)47-32-40-57-60-43-59-56-39-31-46(41-61(56)67(4,5)63(59)44-64(60)68(6,7)62(57)42-47)45-29-35-51(36-30-45)69(49-19-11-8-12-20-49)50-21-13-9-14-22-50/h8-44H,1-7H3. The first-order valence-corrected chi connectivity index (χ1v) is 26.4. The van der Waals surface area contributed by atoms with Crippen molar-refractivity contribution in [3.8, 4) is 44.5 Å². The van der Waals surface area contributed by atoms with Gasteiger partial charge in [-0.2, -0.15) is 0 Å². The van der Waals surface area contributed by atoms with Crippen molar-refractivity contribution in [1.82, 2.24) is 0 Å². The average molecular weight is 917 g/mol. The van der Waals surface area contributed by atoms with E-state index in [1.54, 1.807) is 0 Å². The molecule has 0 radical (unpaired) electrons. The molecular formula is C68H58BP. The minimum atomic E-state index is -0.788. The van der Waals surface area contributed by atoms with Crippen LogP contribution < -0.4 is 32.3 Å². The van der Waals surface area contributed by atoms with Crippen LogP contribution in [0.4, 0.5) is 0 Å². The van der Waals surface area contributed by atoms with Crippen molar-refractivity contribution in [3.05, 3.63) is 252 Å². The Kier molecular flexibility index (Phi) is 10.6. The van der Waals surface area contributed by atoms with Gasteiger partial charge in [-0.25, -0.2) is 0 Å². The van der Waals surface area contributed by atoms with Gasteiger partial charge in [0.15, 0.2) is 0 Å². The van der Waals surface area contributed by atoms with Crippen molar-refractivity contribution in [2.75, 3.05) is 0 Å². The first-order chi connectivity index (χ1) is 33.9. The third-order valence-electron chi connectivity index (χ3n) is 15.8. The fourth-order valence-corrected chi connectivity index (χ4v) is 14.3. The summed E-state index contributed by atoms with van der Waals surface area (Å²) in [6.45, 7) is 16.8. The van der Waals surface area contributed by atoms with Crippen LogP contribution in [0.15, 0.2) is 224 Å². The number of benzene rings is 10. The van der Waals surface area contributed by atoms with Gasteiger partial charge < -0.3 is 0 Å². The minimum Gasteiger partial charge on any atom is -0.0687 e. The molecule has 2 aliphatic rings. The Morgan fingerprint density at radius 2 is 0.814 bits per heavy atom. The fraction of sp³-hybridized carbons (Fsp3) is 0.147. The predicted octanol–water partition coefficient (Wildman–Crippen LogP) is 14.4. The highest BCUT2D eigenvalue weighted by Crippen LogP contribution is 2.57. The van der Waals surface area contributed by atoms with Crippen LogP contribution in [0.5, 0.6) is 0 Å². The van der Waals surface area contributed by atoms with Gasteiger partial charge in [0.25, 0.3) is 0 Å². The van der Waals surface area contributed by atoms with Crippen LogP contribution in [-0.2, 0) is 16.2 Å². The molecule has 0 aliphatic heterocycles. The Bertz CT molecular complexity index is 3560. The summed E-state index contributed by atoms with van der Waals surface area (Å²) in [4.78, 5) is 0. The molecule has 70 heavy (non-hydrogen) atoms. The molecule has 0 aromatic heterocycles. The van der Waals surface area contributed by atoms with E-state index in [1.807, 2.05) is 0 Å². The second-order valence-electron chi connectivity index (χ2n) is 21.7. The molecule has 1 unspecified atom stereocenters.